The highest BCUT2D eigenvalue weighted by Crippen LogP contribution is 2.35. The molecule has 0 amide bonds. The van der Waals surface area contributed by atoms with Crippen molar-refractivity contribution in [2.45, 2.75) is 34.0 Å². The molecule has 5 nitrogen and oxygen atoms in total. The van der Waals surface area contributed by atoms with Crippen molar-refractivity contribution in [2.75, 3.05) is 20.3 Å². The van der Waals surface area contributed by atoms with Gasteiger partial charge >= 0.3 is 0 Å². The number of hydrogen-bond acceptors (Lipinski definition) is 5. The number of ether oxygens (including phenoxy) is 2. The summed E-state index contributed by atoms with van der Waals surface area (Å²) in [4.78, 5) is 0. The number of methoxy groups -OCH3 is 1. The first kappa shape index (κ1) is 17.8. The molecule has 0 spiro atoms. The summed E-state index contributed by atoms with van der Waals surface area (Å²) >= 11 is 0. The molecule has 0 heterocycles. The van der Waals surface area contributed by atoms with Gasteiger partial charge in [0.25, 0.3) is 0 Å². The van der Waals surface area contributed by atoms with Gasteiger partial charge in [-0.1, -0.05) is 13.8 Å². The molecule has 0 saturated carbocycles. The predicted octanol–water partition coefficient (Wildman–Crippen LogP) is 1.63. The molecule has 0 aliphatic heterocycles. The molecule has 120 valence electrons. The summed E-state index contributed by atoms with van der Waals surface area (Å²) in [6.07, 6.45) is 0. The summed E-state index contributed by atoms with van der Waals surface area (Å²) < 4.78 is 11.2. The van der Waals surface area contributed by atoms with Crippen molar-refractivity contribution in [3.63, 3.8) is 0 Å². The Hall–Kier alpha value is -1.30. The summed E-state index contributed by atoms with van der Waals surface area (Å²) in [5.41, 5.74) is 1.97. The fourth-order valence-electron chi connectivity index (χ4n) is 2.14. The van der Waals surface area contributed by atoms with Gasteiger partial charge in [-0.05, 0) is 30.4 Å². The molecule has 0 aliphatic carbocycles. The summed E-state index contributed by atoms with van der Waals surface area (Å²) in [6.45, 7) is 6.05. The van der Waals surface area contributed by atoms with Crippen LogP contribution in [0.4, 0.5) is 0 Å². The Balaban J connectivity index is 3.02. The van der Waals surface area contributed by atoms with E-state index in [-0.39, 0.29) is 31.7 Å². The van der Waals surface area contributed by atoms with E-state index < -0.39 is 0 Å². The monoisotopic (exact) mass is 298 g/mol. The zero-order valence-corrected chi connectivity index (χ0v) is 13.2. The van der Waals surface area contributed by atoms with E-state index in [2.05, 4.69) is 0 Å². The van der Waals surface area contributed by atoms with Gasteiger partial charge in [0.1, 0.15) is 11.5 Å². The molecule has 0 bridgehead atoms. The van der Waals surface area contributed by atoms with Crippen LogP contribution in [0.2, 0.25) is 0 Å². The van der Waals surface area contributed by atoms with Gasteiger partial charge in [0.15, 0.2) is 0 Å². The zero-order chi connectivity index (χ0) is 16.0. The van der Waals surface area contributed by atoms with Crippen molar-refractivity contribution in [2.24, 2.45) is 11.8 Å². The number of rotatable bonds is 8. The van der Waals surface area contributed by atoms with E-state index in [1.54, 1.807) is 6.07 Å². The van der Waals surface area contributed by atoms with Crippen LogP contribution in [0.25, 0.3) is 0 Å². The first-order valence-corrected chi connectivity index (χ1v) is 7.14. The van der Waals surface area contributed by atoms with E-state index in [9.17, 15) is 10.2 Å². The third-order valence-electron chi connectivity index (χ3n) is 3.97. The Morgan fingerprint density at radius 2 is 1.76 bits per heavy atom. The Morgan fingerprint density at radius 3 is 2.24 bits per heavy atom. The lowest BCUT2D eigenvalue weighted by Gasteiger charge is -2.21. The highest BCUT2D eigenvalue weighted by molar-refractivity contribution is 5.53. The van der Waals surface area contributed by atoms with Crippen LogP contribution in [0.1, 0.15) is 30.5 Å². The molecule has 0 fully saturated rings. The van der Waals surface area contributed by atoms with E-state index in [1.807, 2.05) is 20.8 Å². The predicted molar refractivity (Wildman–Crippen MR) is 80.5 cm³/mol. The van der Waals surface area contributed by atoms with E-state index in [1.165, 1.54) is 7.11 Å². The van der Waals surface area contributed by atoms with Gasteiger partial charge < -0.3 is 24.8 Å². The average Bonchev–Trinajstić information content (AvgIpc) is 2.51. The van der Waals surface area contributed by atoms with Crippen LogP contribution in [0.5, 0.6) is 11.5 Å². The van der Waals surface area contributed by atoms with Crippen LogP contribution < -0.4 is 9.47 Å². The molecule has 5 heteroatoms. The van der Waals surface area contributed by atoms with Gasteiger partial charge in [-0.15, -0.1) is 0 Å². The SMILES string of the molecule is COc1c(C)c(OC[C@@H](C)[C@H](C)CO)cc(CO)c1CO. The van der Waals surface area contributed by atoms with Crippen LogP contribution in [0.15, 0.2) is 6.07 Å². The van der Waals surface area contributed by atoms with Gasteiger partial charge in [-0.2, -0.15) is 0 Å². The first-order valence-electron chi connectivity index (χ1n) is 7.14. The van der Waals surface area contributed by atoms with E-state index >= 15 is 0 Å². The van der Waals surface area contributed by atoms with Gasteiger partial charge in [-0.3, -0.25) is 0 Å². The molecule has 1 aromatic carbocycles. The first-order chi connectivity index (χ1) is 9.99. The Bertz CT molecular complexity index is 458. The van der Waals surface area contributed by atoms with Crippen molar-refractivity contribution in [3.8, 4) is 11.5 Å². The van der Waals surface area contributed by atoms with Gasteiger partial charge in [0, 0.05) is 17.7 Å². The van der Waals surface area contributed by atoms with E-state index in [0.717, 1.165) is 5.56 Å². The molecule has 1 rings (SSSR count). The summed E-state index contributed by atoms with van der Waals surface area (Å²) in [6, 6.07) is 1.74. The fourth-order valence-corrected chi connectivity index (χ4v) is 2.14. The highest BCUT2D eigenvalue weighted by Gasteiger charge is 2.18. The number of aliphatic hydroxyl groups excluding tert-OH is 3. The third kappa shape index (κ3) is 4.09. The van der Waals surface area contributed by atoms with E-state index in [0.29, 0.717) is 29.2 Å². The summed E-state index contributed by atoms with van der Waals surface area (Å²) in [7, 11) is 1.53. The minimum Gasteiger partial charge on any atom is -0.496 e. The smallest absolute Gasteiger partial charge is 0.131 e. The maximum Gasteiger partial charge on any atom is 0.131 e. The Labute approximate surface area is 126 Å². The summed E-state index contributed by atoms with van der Waals surface area (Å²) in [5, 5.41) is 28.0. The van der Waals surface area contributed by atoms with Crippen LogP contribution in [0, 0.1) is 18.8 Å². The number of aliphatic hydroxyl groups is 3. The minimum atomic E-state index is -0.196. The average molecular weight is 298 g/mol. The molecule has 21 heavy (non-hydrogen) atoms. The maximum absolute atomic E-state index is 9.44. The maximum atomic E-state index is 9.44. The van der Waals surface area contributed by atoms with Gasteiger partial charge in [-0.25, -0.2) is 0 Å². The van der Waals surface area contributed by atoms with Crippen molar-refractivity contribution < 1.29 is 24.8 Å². The van der Waals surface area contributed by atoms with Crippen molar-refractivity contribution in [1.29, 1.82) is 0 Å². The second-order valence-corrected chi connectivity index (χ2v) is 5.44. The van der Waals surface area contributed by atoms with Crippen LogP contribution in [0.3, 0.4) is 0 Å². The van der Waals surface area contributed by atoms with Crippen LogP contribution in [-0.4, -0.2) is 35.6 Å². The molecular formula is C16H26O5. The topological polar surface area (TPSA) is 79.2 Å². The lowest BCUT2D eigenvalue weighted by molar-refractivity contribution is 0.150. The highest BCUT2D eigenvalue weighted by atomic mass is 16.5. The standard InChI is InChI=1S/C16H26O5/c1-10(6-17)11(2)9-21-15-5-13(7-18)14(8-19)16(20-4)12(15)3/h5,10-11,17-19H,6-9H2,1-4H3/t10-,11-/m1/s1. The van der Waals surface area contributed by atoms with Crippen LogP contribution in [-0.2, 0) is 13.2 Å². The van der Waals surface area contributed by atoms with Gasteiger partial charge in [0.05, 0.1) is 26.9 Å². The van der Waals surface area contributed by atoms with Crippen molar-refractivity contribution >= 4 is 0 Å². The van der Waals surface area contributed by atoms with E-state index in [4.69, 9.17) is 14.6 Å². The van der Waals surface area contributed by atoms with Gasteiger partial charge in [0.2, 0.25) is 0 Å². The van der Waals surface area contributed by atoms with Crippen LogP contribution >= 0.6 is 0 Å². The number of hydrogen-bond donors (Lipinski definition) is 3. The Kier molecular flexibility index (Phi) is 6.95. The number of benzene rings is 1. The molecular weight excluding hydrogens is 272 g/mol. The van der Waals surface area contributed by atoms with Crippen molar-refractivity contribution in [3.05, 3.63) is 22.8 Å². The molecule has 0 saturated heterocycles. The molecule has 0 radical (unpaired) electrons. The molecule has 2 atom stereocenters. The normalized spacial score (nSPS) is 13.9. The molecule has 0 aromatic heterocycles. The zero-order valence-electron chi connectivity index (χ0n) is 13.2. The second-order valence-electron chi connectivity index (χ2n) is 5.44. The second kappa shape index (κ2) is 8.22. The quantitative estimate of drug-likeness (QED) is 0.680. The Morgan fingerprint density at radius 1 is 1.10 bits per heavy atom. The molecule has 0 aliphatic rings. The molecule has 1 aromatic rings. The molecule has 3 N–H and O–H groups in total. The van der Waals surface area contributed by atoms with Crippen molar-refractivity contribution in [1.82, 2.24) is 0 Å². The summed E-state index contributed by atoms with van der Waals surface area (Å²) in [5.74, 6) is 1.53. The largest absolute Gasteiger partial charge is 0.496 e. The minimum absolute atomic E-state index is 0.123. The lowest BCUT2D eigenvalue weighted by atomic mass is 9.98. The molecule has 0 unspecified atom stereocenters. The third-order valence-corrected chi connectivity index (χ3v) is 3.97. The fraction of sp³-hybridized carbons (Fsp3) is 0.625. The lowest BCUT2D eigenvalue weighted by Crippen LogP contribution is -2.19.